The van der Waals surface area contributed by atoms with Gasteiger partial charge in [0.25, 0.3) is 0 Å². The van der Waals surface area contributed by atoms with Gasteiger partial charge >= 0.3 is 0 Å². The van der Waals surface area contributed by atoms with Crippen LogP contribution in [0.3, 0.4) is 0 Å². The number of nitrogens with zero attached hydrogens (tertiary/aromatic N) is 1. The van der Waals surface area contributed by atoms with Crippen molar-refractivity contribution in [3.63, 3.8) is 0 Å². The molecule has 1 atom stereocenters. The van der Waals surface area contributed by atoms with Crippen LogP contribution < -0.4 is 11.1 Å². The molecule has 1 unspecified atom stereocenters. The minimum absolute atomic E-state index is 0.178. The van der Waals surface area contributed by atoms with Crippen LogP contribution >= 0.6 is 0 Å². The molecule has 0 saturated carbocycles. The number of carbonyl (C=O) groups is 1. The molecule has 8 heteroatoms. The maximum Gasteiger partial charge on any atom is 0.243 e. The van der Waals surface area contributed by atoms with E-state index in [0.29, 0.717) is 18.9 Å². The highest BCUT2D eigenvalue weighted by Gasteiger charge is 2.33. The van der Waals surface area contributed by atoms with Crippen molar-refractivity contribution >= 4 is 21.6 Å². The van der Waals surface area contributed by atoms with Gasteiger partial charge in [-0.25, -0.2) is 8.42 Å². The molecule has 2 rings (SSSR count). The Balaban J connectivity index is 2.24. The molecule has 116 valence electrons. The van der Waals surface area contributed by atoms with Crippen molar-refractivity contribution in [3.05, 3.63) is 24.3 Å². The fourth-order valence-corrected chi connectivity index (χ4v) is 3.80. The highest BCUT2D eigenvalue weighted by molar-refractivity contribution is 7.89. The third-order valence-corrected chi connectivity index (χ3v) is 5.19. The lowest BCUT2D eigenvalue weighted by Gasteiger charge is -2.33. The van der Waals surface area contributed by atoms with E-state index < -0.39 is 10.0 Å². The van der Waals surface area contributed by atoms with Gasteiger partial charge in [-0.05, 0) is 24.3 Å². The topological polar surface area (TPSA) is 102 Å². The average molecular weight is 313 g/mol. The second-order valence-electron chi connectivity index (χ2n) is 4.79. The summed E-state index contributed by atoms with van der Waals surface area (Å²) in [6.45, 7) is 2.56. The van der Waals surface area contributed by atoms with Gasteiger partial charge in [0.15, 0.2) is 0 Å². The number of anilines is 1. The molecule has 1 aromatic rings. The number of hydrogen-bond donors (Lipinski definition) is 2. The second kappa shape index (κ2) is 6.52. The molecule has 1 saturated heterocycles. The number of hydrogen-bond acceptors (Lipinski definition) is 5. The lowest BCUT2D eigenvalue weighted by Crippen LogP contribution is -2.51. The summed E-state index contributed by atoms with van der Waals surface area (Å²) in [6, 6.07) is 5.73. The molecule has 1 aliphatic heterocycles. The third-order valence-electron chi connectivity index (χ3n) is 3.23. The van der Waals surface area contributed by atoms with Crippen molar-refractivity contribution in [2.75, 3.05) is 31.6 Å². The lowest BCUT2D eigenvalue weighted by molar-refractivity contribution is -0.114. The zero-order valence-corrected chi connectivity index (χ0v) is 12.6. The van der Waals surface area contributed by atoms with E-state index in [4.69, 9.17) is 10.5 Å². The predicted octanol–water partition coefficient (Wildman–Crippen LogP) is -0.00680. The quantitative estimate of drug-likeness (QED) is 0.814. The second-order valence-corrected chi connectivity index (χ2v) is 6.68. The fourth-order valence-electron chi connectivity index (χ4n) is 2.19. The first-order chi connectivity index (χ1) is 9.95. The molecular weight excluding hydrogens is 294 g/mol. The molecule has 0 aromatic heterocycles. The highest BCUT2D eigenvalue weighted by atomic mass is 32.2. The van der Waals surface area contributed by atoms with Crippen LogP contribution in [0.1, 0.15) is 6.92 Å². The van der Waals surface area contributed by atoms with Crippen LogP contribution in [-0.4, -0.2) is 51.0 Å². The Morgan fingerprint density at radius 3 is 2.67 bits per heavy atom. The third kappa shape index (κ3) is 3.59. The van der Waals surface area contributed by atoms with Crippen molar-refractivity contribution in [1.82, 2.24) is 4.31 Å². The Morgan fingerprint density at radius 2 is 2.10 bits per heavy atom. The summed E-state index contributed by atoms with van der Waals surface area (Å²) >= 11 is 0. The van der Waals surface area contributed by atoms with Gasteiger partial charge in [0.1, 0.15) is 0 Å². The smallest absolute Gasteiger partial charge is 0.243 e. The van der Waals surface area contributed by atoms with Crippen LogP contribution in [0.25, 0.3) is 0 Å². The Labute approximate surface area is 124 Å². The van der Waals surface area contributed by atoms with E-state index in [0.717, 1.165) is 0 Å². The minimum Gasteiger partial charge on any atom is -0.378 e. The lowest BCUT2D eigenvalue weighted by atomic mass is 10.3. The molecule has 1 heterocycles. The Bertz CT molecular complexity index is 600. The highest BCUT2D eigenvalue weighted by Crippen LogP contribution is 2.21. The van der Waals surface area contributed by atoms with Crippen LogP contribution in [0.4, 0.5) is 5.69 Å². The van der Waals surface area contributed by atoms with Crippen LogP contribution in [0.15, 0.2) is 29.2 Å². The van der Waals surface area contributed by atoms with Crippen LogP contribution in [-0.2, 0) is 19.6 Å². The minimum atomic E-state index is -3.61. The van der Waals surface area contributed by atoms with Gasteiger partial charge in [-0.1, -0.05) is 0 Å². The van der Waals surface area contributed by atoms with Crippen molar-refractivity contribution in [3.8, 4) is 0 Å². The number of morpholine rings is 1. The summed E-state index contributed by atoms with van der Waals surface area (Å²) in [7, 11) is -3.61. The van der Waals surface area contributed by atoms with Crippen molar-refractivity contribution in [1.29, 1.82) is 0 Å². The number of amides is 1. The predicted molar refractivity (Wildman–Crippen MR) is 78.3 cm³/mol. The monoisotopic (exact) mass is 313 g/mol. The zero-order valence-electron chi connectivity index (χ0n) is 11.8. The molecular formula is C13H19N3O4S. The van der Waals surface area contributed by atoms with E-state index in [9.17, 15) is 13.2 Å². The Morgan fingerprint density at radius 1 is 1.43 bits per heavy atom. The molecule has 0 bridgehead atoms. The number of rotatable bonds is 4. The maximum absolute atomic E-state index is 12.6. The molecule has 7 nitrogen and oxygen atoms in total. The molecule has 1 aliphatic rings. The number of sulfonamides is 1. The van der Waals surface area contributed by atoms with Gasteiger partial charge in [-0.15, -0.1) is 0 Å². The largest absolute Gasteiger partial charge is 0.378 e. The molecule has 3 N–H and O–H groups in total. The molecule has 21 heavy (non-hydrogen) atoms. The molecule has 0 aliphatic carbocycles. The standard InChI is InChI=1S/C13H19N3O4S/c1-10(17)15-11-2-4-13(5-3-11)21(18,19)16-6-7-20-9-12(16)8-14/h2-5,12H,6-9,14H2,1H3,(H,15,17). The summed E-state index contributed by atoms with van der Waals surface area (Å²) < 4.78 is 31.9. The molecule has 1 amide bonds. The van der Waals surface area contributed by atoms with Gasteiger partial charge in [0, 0.05) is 25.7 Å². The molecule has 0 radical (unpaired) electrons. The van der Waals surface area contributed by atoms with Gasteiger partial charge < -0.3 is 15.8 Å². The van der Waals surface area contributed by atoms with E-state index >= 15 is 0 Å². The number of ether oxygens (including phenoxy) is 1. The van der Waals surface area contributed by atoms with E-state index in [1.807, 2.05) is 0 Å². The summed E-state index contributed by atoms with van der Waals surface area (Å²) in [5.41, 5.74) is 6.17. The number of nitrogens with two attached hydrogens (primary N) is 1. The van der Waals surface area contributed by atoms with Gasteiger partial charge in [0.2, 0.25) is 15.9 Å². The van der Waals surface area contributed by atoms with Gasteiger partial charge in [-0.3, -0.25) is 4.79 Å². The first kappa shape index (κ1) is 15.9. The zero-order chi connectivity index (χ0) is 15.5. The number of nitrogens with one attached hydrogen (secondary N) is 1. The van der Waals surface area contributed by atoms with E-state index in [1.54, 1.807) is 12.1 Å². The molecule has 0 spiro atoms. The first-order valence-electron chi connectivity index (χ1n) is 6.62. The van der Waals surface area contributed by atoms with Gasteiger partial charge in [-0.2, -0.15) is 4.31 Å². The van der Waals surface area contributed by atoms with Gasteiger partial charge in [0.05, 0.1) is 24.2 Å². The fraction of sp³-hybridized carbons (Fsp3) is 0.462. The number of benzene rings is 1. The van der Waals surface area contributed by atoms with Crippen LogP contribution in [0.2, 0.25) is 0 Å². The van der Waals surface area contributed by atoms with Crippen LogP contribution in [0.5, 0.6) is 0 Å². The van der Waals surface area contributed by atoms with Crippen molar-refractivity contribution in [2.45, 2.75) is 17.9 Å². The average Bonchev–Trinajstić information content (AvgIpc) is 2.47. The first-order valence-corrected chi connectivity index (χ1v) is 8.06. The van der Waals surface area contributed by atoms with E-state index in [-0.39, 0.29) is 29.9 Å². The van der Waals surface area contributed by atoms with E-state index in [2.05, 4.69) is 5.32 Å². The van der Waals surface area contributed by atoms with Crippen molar-refractivity contribution in [2.24, 2.45) is 5.73 Å². The Kier molecular flexibility index (Phi) is 4.94. The van der Waals surface area contributed by atoms with Crippen molar-refractivity contribution < 1.29 is 17.9 Å². The summed E-state index contributed by atoms with van der Waals surface area (Å²) in [5, 5.41) is 2.60. The van der Waals surface area contributed by atoms with Crippen LogP contribution in [0, 0.1) is 0 Å². The molecule has 1 aromatic carbocycles. The summed E-state index contributed by atoms with van der Waals surface area (Å²) in [4.78, 5) is 11.1. The Hall–Kier alpha value is -1.48. The number of carbonyl (C=O) groups excluding carboxylic acids is 1. The normalized spacial score (nSPS) is 20.2. The summed E-state index contributed by atoms with van der Waals surface area (Å²) in [6.07, 6.45) is 0. The summed E-state index contributed by atoms with van der Waals surface area (Å²) in [5.74, 6) is -0.206. The SMILES string of the molecule is CC(=O)Nc1ccc(S(=O)(=O)N2CCOCC2CN)cc1. The maximum atomic E-state index is 12.6. The van der Waals surface area contributed by atoms with E-state index in [1.165, 1.54) is 23.4 Å². The molecule has 1 fully saturated rings.